The fourth-order valence-electron chi connectivity index (χ4n) is 5.79. The van der Waals surface area contributed by atoms with E-state index in [0.717, 1.165) is 33.4 Å². The van der Waals surface area contributed by atoms with Crippen LogP contribution in [0.1, 0.15) is 33.4 Å². The molecule has 0 atom stereocenters. The van der Waals surface area contributed by atoms with Gasteiger partial charge >= 0.3 is 0 Å². The van der Waals surface area contributed by atoms with E-state index in [4.69, 9.17) is 9.97 Å². The van der Waals surface area contributed by atoms with E-state index < -0.39 is 0 Å². The molecule has 0 saturated carbocycles. The van der Waals surface area contributed by atoms with Crippen molar-refractivity contribution in [3.8, 4) is 57.4 Å². The fraction of sp³-hybridized carbons (Fsp3) is 0.190. The van der Waals surface area contributed by atoms with Gasteiger partial charge in [-0.15, -0.1) is 0 Å². The number of benzene rings is 4. The molecule has 6 aromatic rings. The molecule has 0 fully saturated rings. The van der Waals surface area contributed by atoms with Crippen molar-refractivity contribution in [2.75, 3.05) is 11.5 Å². The molecule has 6 rings (SSSR count). The highest BCUT2D eigenvalue weighted by Gasteiger charge is 2.21. The van der Waals surface area contributed by atoms with Crippen LogP contribution < -0.4 is 11.1 Å². The van der Waals surface area contributed by atoms with E-state index in [9.17, 15) is 20.1 Å². The molecule has 52 heavy (non-hydrogen) atoms. The molecule has 258 valence electrons. The Kier molecular flexibility index (Phi) is 11.2. The third-order valence-electron chi connectivity index (χ3n) is 8.71. The van der Waals surface area contributed by atoms with Crippen LogP contribution in [-0.2, 0) is 13.1 Å². The SMILES string of the molecule is Cc1ccc(-c2nc(-c3ccc(C)cc3)n(CCSSCCn3c(-c4ccc(C)cc4)nc(-c4ccc(C)cc4)c(C#N)c3=O)c(=O)c2C#N)cc1. The Morgan fingerprint density at radius 2 is 0.788 bits per heavy atom. The molecule has 4 aromatic carbocycles. The van der Waals surface area contributed by atoms with Gasteiger partial charge in [0.05, 0.1) is 11.4 Å². The van der Waals surface area contributed by atoms with E-state index in [1.165, 1.54) is 0 Å². The lowest BCUT2D eigenvalue weighted by Gasteiger charge is -2.16. The van der Waals surface area contributed by atoms with Gasteiger partial charge in [0, 0.05) is 46.8 Å². The van der Waals surface area contributed by atoms with Crippen LogP contribution in [0, 0.1) is 50.4 Å². The summed E-state index contributed by atoms with van der Waals surface area (Å²) in [6.07, 6.45) is 0. The van der Waals surface area contributed by atoms with Gasteiger partial charge in [-0.3, -0.25) is 18.7 Å². The summed E-state index contributed by atoms with van der Waals surface area (Å²) in [5.74, 6) is 2.10. The number of rotatable bonds is 11. The molecule has 10 heteroatoms. The molecule has 0 N–H and O–H groups in total. The zero-order valence-corrected chi connectivity index (χ0v) is 31.0. The van der Waals surface area contributed by atoms with Crippen LogP contribution in [0.4, 0.5) is 0 Å². The number of aromatic nitrogens is 4. The Bertz CT molecular complexity index is 2260. The monoisotopic (exact) mass is 720 g/mol. The van der Waals surface area contributed by atoms with Crippen molar-refractivity contribution in [1.29, 1.82) is 10.5 Å². The summed E-state index contributed by atoms with van der Waals surface area (Å²) in [6, 6.07) is 35.2. The number of aryl methyl sites for hydroxylation is 4. The Morgan fingerprint density at radius 1 is 0.500 bits per heavy atom. The van der Waals surface area contributed by atoms with Crippen LogP contribution in [0.3, 0.4) is 0 Å². The molecule has 0 aliphatic carbocycles. The second-order valence-corrected chi connectivity index (χ2v) is 15.3. The molecule has 8 nitrogen and oxygen atoms in total. The predicted molar refractivity (Wildman–Crippen MR) is 212 cm³/mol. The first-order chi connectivity index (χ1) is 25.2. The quantitative estimate of drug-likeness (QED) is 0.0966. The lowest BCUT2D eigenvalue weighted by atomic mass is 10.0. The fourth-order valence-corrected chi connectivity index (χ4v) is 7.69. The summed E-state index contributed by atoms with van der Waals surface area (Å²) in [7, 11) is 3.13. The van der Waals surface area contributed by atoms with E-state index in [1.807, 2.05) is 125 Å². The average molecular weight is 721 g/mol. The molecule has 0 radical (unpaired) electrons. The molecule has 0 aliphatic rings. The third-order valence-corrected chi connectivity index (χ3v) is 11.1. The van der Waals surface area contributed by atoms with Crippen molar-refractivity contribution in [1.82, 2.24) is 19.1 Å². The van der Waals surface area contributed by atoms with Crippen LogP contribution >= 0.6 is 21.6 Å². The minimum Gasteiger partial charge on any atom is -0.291 e. The zero-order chi connectivity index (χ0) is 36.8. The Morgan fingerprint density at radius 3 is 1.08 bits per heavy atom. The molecule has 0 bridgehead atoms. The highest BCUT2D eigenvalue weighted by atomic mass is 33.1. The van der Waals surface area contributed by atoms with E-state index in [1.54, 1.807) is 30.7 Å². The molecule has 2 aromatic heterocycles. The largest absolute Gasteiger partial charge is 0.291 e. The molecular formula is C42H36N6O2S2. The zero-order valence-electron chi connectivity index (χ0n) is 29.4. The van der Waals surface area contributed by atoms with Crippen molar-refractivity contribution < 1.29 is 0 Å². The summed E-state index contributed by atoms with van der Waals surface area (Å²) in [5, 5.41) is 20.2. The molecular weight excluding hydrogens is 685 g/mol. The predicted octanol–water partition coefficient (Wildman–Crippen LogP) is 8.53. The van der Waals surface area contributed by atoms with Crippen LogP contribution in [0.15, 0.2) is 107 Å². The number of nitriles is 2. The van der Waals surface area contributed by atoms with Crippen molar-refractivity contribution in [2.24, 2.45) is 0 Å². The lowest BCUT2D eigenvalue weighted by molar-refractivity contribution is 0.723. The van der Waals surface area contributed by atoms with Crippen LogP contribution in [-0.4, -0.2) is 30.6 Å². The summed E-state index contributed by atoms with van der Waals surface area (Å²) in [6.45, 7) is 8.63. The van der Waals surface area contributed by atoms with Gasteiger partial charge < -0.3 is 0 Å². The van der Waals surface area contributed by atoms with Crippen LogP contribution in [0.2, 0.25) is 0 Å². The number of nitrogens with zero attached hydrogens (tertiary/aromatic N) is 6. The van der Waals surface area contributed by atoms with Gasteiger partial charge in [-0.05, 0) is 27.7 Å². The van der Waals surface area contributed by atoms with E-state index in [-0.39, 0.29) is 22.2 Å². The van der Waals surface area contributed by atoms with E-state index >= 15 is 0 Å². The molecule has 0 saturated heterocycles. The maximum absolute atomic E-state index is 13.9. The van der Waals surface area contributed by atoms with Gasteiger partial charge in [-0.2, -0.15) is 10.5 Å². The van der Waals surface area contributed by atoms with E-state index in [0.29, 0.717) is 58.8 Å². The second-order valence-electron chi connectivity index (χ2n) is 12.6. The maximum Gasteiger partial charge on any atom is 0.272 e. The Labute approximate surface area is 310 Å². The first-order valence-corrected chi connectivity index (χ1v) is 19.3. The highest BCUT2D eigenvalue weighted by molar-refractivity contribution is 8.76. The number of hydrogen-bond donors (Lipinski definition) is 0. The first-order valence-electron chi connectivity index (χ1n) is 16.8. The van der Waals surface area contributed by atoms with Gasteiger partial charge in [-0.1, -0.05) is 141 Å². The molecule has 0 spiro atoms. The van der Waals surface area contributed by atoms with Gasteiger partial charge in [0.25, 0.3) is 11.1 Å². The Balaban J connectivity index is 1.25. The molecule has 0 aliphatic heterocycles. The van der Waals surface area contributed by atoms with Crippen molar-refractivity contribution >= 4 is 21.6 Å². The van der Waals surface area contributed by atoms with Gasteiger partial charge in [-0.25, -0.2) is 9.97 Å². The maximum atomic E-state index is 13.9. The van der Waals surface area contributed by atoms with Crippen molar-refractivity contribution in [3.05, 3.63) is 151 Å². The van der Waals surface area contributed by atoms with Crippen LogP contribution in [0.25, 0.3) is 45.3 Å². The van der Waals surface area contributed by atoms with Gasteiger partial charge in [0.1, 0.15) is 34.9 Å². The highest BCUT2D eigenvalue weighted by Crippen LogP contribution is 2.29. The Hall–Kier alpha value is -5.68. The topological polar surface area (TPSA) is 117 Å². The van der Waals surface area contributed by atoms with Crippen LogP contribution in [0.5, 0.6) is 0 Å². The van der Waals surface area contributed by atoms with Crippen molar-refractivity contribution in [3.63, 3.8) is 0 Å². The standard InChI is InChI=1S/C42H36N6O2S2/c1-27-5-13-31(14-6-27)37-35(25-43)41(49)47(39(45-37)33-17-9-29(3)10-18-33)21-23-51-52-24-22-48-40(34-19-11-30(4)12-20-34)46-38(36(26-44)42(48)50)32-15-7-28(2)8-16-32/h5-20H,21-24H2,1-4H3. The lowest BCUT2D eigenvalue weighted by Crippen LogP contribution is -2.28. The minimum absolute atomic E-state index is 0.00950. The summed E-state index contributed by atoms with van der Waals surface area (Å²) in [5.41, 5.74) is 7.31. The minimum atomic E-state index is -0.382. The normalized spacial score (nSPS) is 10.9. The second kappa shape index (κ2) is 16.1. The smallest absolute Gasteiger partial charge is 0.272 e. The number of hydrogen-bond acceptors (Lipinski definition) is 8. The third kappa shape index (κ3) is 7.79. The summed E-state index contributed by atoms with van der Waals surface area (Å²) >= 11 is 0. The summed E-state index contributed by atoms with van der Waals surface area (Å²) < 4.78 is 3.17. The average Bonchev–Trinajstić information content (AvgIpc) is 3.15. The van der Waals surface area contributed by atoms with Gasteiger partial charge in [0.15, 0.2) is 0 Å². The molecule has 0 unspecified atom stereocenters. The van der Waals surface area contributed by atoms with Crippen molar-refractivity contribution in [2.45, 2.75) is 40.8 Å². The molecule has 2 heterocycles. The first kappa shape index (κ1) is 36.1. The van der Waals surface area contributed by atoms with E-state index in [2.05, 4.69) is 12.1 Å². The molecule has 0 amide bonds. The van der Waals surface area contributed by atoms with Gasteiger partial charge in [0.2, 0.25) is 0 Å². The summed E-state index contributed by atoms with van der Waals surface area (Å²) in [4.78, 5) is 37.6.